The molecule has 0 atom stereocenters. The van der Waals surface area contributed by atoms with Gasteiger partial charge in [-0.1, -0.05) is 6.42 Å². The van der Waals surface area contributed by atoms with E-state index in [0.717, 1.165) is 25.7 Å². The topological polar surface area (TPSA) is 58.2 Å². The third-order valence-electron chi connectivity index (χ3n) is 2.38. The van der Waals surface area contributed by atoms with Crippen LogP contribution in [-0.4, -0.2) is 18.5 Å². The maximum atomic E-state index is 10.3. The van der Waals surface area contributed by atoms with Crippen molar-refractivity contribution in [2.75, 3.05) is 0 Å². The lowest BCUT2D eigenvalue weighted by Gasteiger charge is -2.36. The largest absolute Gasteiger partial charge is 0.336 e. The Hall–Kier alpha value is -1.06. The second kappa shape index (κ2) is 4.09. The summed E-state index contributed by atoms with van der Waals surface area (Å²) in [5.41, 5.74) is -0.457. The number of hydrogen-bond donors (Lipinski definition) is 2. The van der Waals surface area contributed by atoms with Gasteiger partial charge in [0.2, 0.25) is 12.8 Å². The van der Waals surface area contributed by atoms with E-state index in [-0.39, 0.29) is 0 Å². The van der Waals surface area contributed by atoms with Gasteiger partial charge in [-0.15, -0.1) is 0 Å². The second-order valence-corrected chi connectivity index (χ2v) is 3.17. The Labute approximate surface area is 71.7 Å². The highest BCUT2D eigenvalue weighted by Gasteiger charge is 2.30. The fourth-order valence-corrected chi connectivity index (χ4v) is 1.71. The van der Waals surface area contributed by atoms with Gasteiger partial charge in [0.05, 0.1) is 0 Å². The third-order valence-corrected chi connectivity index (χ3v) is 2.38. The van der Waals surface area contributed by atoms with Gasteiger partial charge in [-0.3, -0.25) is 9.59 Å². The van der Waals surface area contributed by atoms with Crippen molar-refractivity contribution >= 4 is 12.8 Å². The molecule has 1 aliphatic carbocycles. The summed E-state index contributed by atoms with van der Waals surface area (Å²) in [7, 11) is 0. The Morgan fingerprint density at radius 2 is 1.42 bits per heavy atom. The highest BCUT2D eigenvalue weighted by atomic mass is 16.1. The molecule has 0 saturated heterocycles. The summed E-state index contributed by atoms with van der Waals surface area (Å²) < 4.78 is 0. The summed E-state index contributed by atoms with van der Waals surface area (Å²) in [5, 5.41) is 5.35. The summed E-state index contributed by atoms with van der Waals surface area (Å²) in [4.78, 5) is 20.6. The monoisotopic (exact) mass is 170 g/mol. The minimum absolute atomic E-state index is 0.457. The van der Waals surface area contributed by atoms with Crippen LogP contribution in [-0.2, 0) is 9.59 Å². The van der Waals surface area contributed by atoms with E-state index in [4.69, 9.17) is 0 Å². The molecule has 0 aromatic rings. The van der Waals surface area contributed by atoms with Gasteiger partial charge in [0.15, 0.2) is 0 Å². The Morgan fingerprint density at radius 1 is 0.917 bits per heavy atom. The molecule has 0 aromatic carbocycles. The molecule has 1 fully saturated rings. The predicted octanol–water partition coefficient (Wildman–Crippen LogP) is 0.139. The van der Waals surface area contributed by atoms with Gasteiger partial charge in [-0.2, -0.15) is 0 Å². The van der Waals surface area contributed by atoms with Crippen molar-refractivity contribution in [3.8, 4) is 0 Å². The van der Waals surface area contributed by atoms with E-state index in [1.807, 2.05) is 0 Å². The molecule has 0 aliphatic heterocycles. The van der Waals surface area contributed by atoms with E-state index >= 15 is 0 Å². The van der Waals surface area contributed by atoms with E-state index in [1.54, 1.807) is 0 Å². The minimum atomic E-state index is -0.457. The smallest absolute Gasteiger partial charge is 0.208 e. The van der Waals surface area contributed by atoms with Gasteiger partial charge < -0.3 is 10.6 Å². The first-order valence-corrected chi connectivity index (χ1v) is 4.26. The lowest BCUT2D eigenvalue weighted by molar-refractivity contribution is -0.115. The van der Waals surface area contributed by atoms with Gasteiger partial charge in [0.25, 0.3) is 0 Å². The van der Waals surface area contributed by atoms with Crippen LogP contribution in [0.5, 0.6) is 0 Å². The van der Waals surface area contributed by atoms with Crippen molar-refractivity contribution in [1.82, 2.24) is 10.6 Å². The number of amides is 2. The number of carbonyl (C=O) groups excluding carboxylic acids is 2. The third kappa shape index (κ3) is 1.96. The van der Waals surface area contributed by atoms with Crippen LogP contribution in [0.2, 0.25) is 0 Å². The Bertz CT molecular complexity index is 152. The number of nitrogens with one attached hydrogen (secondary N) is 2. The quantitative estimate of drug-likeness (QED) is 0.465. The molecule has 0 spiro atoms. The normalized spacial score (nSPS) is 21.0. The molecular formula is C8H14N2O2. The maximum absolute atomic E-state index is 10.3. The molecule has 1 rings (SSSR count). The van der Waals surface area contributed by atoms with E-state index in [2.05, 4.69) is 10.6 Å². The van der Waals surface area contributed by atoms with Crippen LogP contribution >= 0.6 is 0 Å². The summed E-state index contributed by atoms with van der Waals surface area (Å²) in [5.74, 6) is 0. The molecule has 1 aliphatic rings. The van der Waals surface area contributed by atoms with E-state index in [9.17, 15) is 9.59 Å². The number of carbonyl (C=O) groups is 2. The highest BCUT2D eigenvalue weighted by molar-refractivity contribution is 5.53. The van der Waals surface area contributed by atoms with Crippen LogP contribution in [0.25, 0.3) is 0 Å². The van der Waals surface area contributed by atoms with Crippen LogP contribution in [0.1, 0.15) is 32.1 Å². The molecule has 4 nitrogen and oxygen atoms in total. The summed E-state index contributed by atoms with van der Waals surface area (Å²) in [6, 6.07) is 0. The van der Waals surface area contributed by atoms with E-state index in [1.165, 1.54) is 6.42 Å². The molecule has 1 saturated carbocycles. The number of rotatable bonds is 4. The van der Waals surface area contributed by atoms with Crippen molar-refractivity contribution in [2.45, 2.75) is 37.8 Å². The predicted molar refractivity (Wildman–Crippen MR) is 44.2 cm³/mol. The molecule has 68 valence electrons. The molecule has 12 heavy (non-hydrogen) atoms. The van der Waals surface area contributed by atoms with Gasteiger partial charge >= 0.3 is 0 Å². The van der Waals surface area contributed by atoms with Crippen LogP contribution in [0, 0.1) is 0 Å². The van der Waals surface area contributed by atoms with Crippen LogP contribution < -0.4 is 10.6 Å². The zero-order valence-electron chi connectivity index (χ0n) is 7.01. The Kier molecular flexibility index (Phi) is 3.08. The molecule has 0 bridgehead atoms. The zero-order chi connectivity index (χ0) is 8.86. The van der Waals surface area contributed by atoms with Gasteiger partial charge in [0.1, 0.15) is 5.66 Å². The average Bonchev–Trinajstić information content (AvgIpc) is 2.07. The SMILES string of the molecule is O=CNC1(NC=O)CCCCC1. The minimum Gasteiger partial charge on any atom is -0.336 e. The highest BCUT2D eigenvalue weighted by Crippen LogP contribution is 2.24. The number of hydrogen-bond acceptors (Lipinski definition) is 2. The van der Waals surface area contributed by atoms with E-state index < -0.39 is 5.66 Å². The van der Waals surface area contributed by atoms with Crippen molar-refractivity contribution in [2.24, 2.45) is 0 Å². The first kappa shape index (κ1) is 9.03. The average molecular weight is 170 g/mol. The molecule has 4 heteroatoms. The first-order valence-electron chi connectivity index (χ1n) is 4.26. The van der Waals surface area contributed by atoms with Crippen molar-refractivity contribution in [1.29, 1.82) is 0 Å². The molecular weight excluding hydrogens is 156 g/mol. The maximum Gasteiger partial charge on any atom is 0.208 e. The van der Waals surface area contributed by atoms with Crippen LogP contribution in [0.3, 0.4) is 0 Å². The van der Waals surface area contributed by atoms with E-state index in [0.29, 0.717) is 12.8 Å². The lowest BCUT2D eigenvalue weighted by Crippen LogP contribution is -2.56. The first-order chi connectivity index (χ1) is 5.83. The Balaban J connectivity index is 2.55. The van der Waals surface area contributed by atoms with Gasteiger partial charge in [-0.25, -0.2) is 0 Å². The molecule has 0 aromatic heterocycles. The van der Waals surface area contributed by atoms with Crippen LogP contribution in [0.4, 0.5) is 0 Å². The molecule has 2 amide bonds. The van der Waals surface area contributed by atoms with Crippen molar-refractivity contribution < 1.29 is 9.59 Å². The van der Waals surface area contributed by atoms with Crippen molar-refractivity contribution in [3.05, 3.63) is 0 Å². The standard InChI is InChI=1S/C8H14N2O2/c11-6-9-8(10-7-12)4-2-1-3-5-8/h6-7H,1-5H2,(H,9,11)(H,10,12). The summed E-state index contributed by atoms with van der Waals surface area (Å²) in [6.07, 6.45) is 6.28. The molecule has 0 radical (unpaired) electrons. The fourth-order valence-electron chi connectivity index (χ4n) is 1.71. The zero-order valence-corrected chi connectivity index (χ0v) is 7.01. The molecule has 0 heterocycles. The van der Waals surface area contributed by atoms with Gasteiger partial charge in [0, 0.05) is 0 Å². The van der Waals surface area contributed by atoms with Crippen molar-refractivity contribution in [3.63, 3.8) is 0 Å². The van der Waals surface area contributed by atoms with Gasteiger partial charge in [-0.05, 0) is 25.7 Å². The van der Waals surface area contributed by atoms with Crippen LogP contribution in [0.15, 0.2) is 0 Å². The summed E-state index contributed by atoms with van der Waals surface area (Å²) in [6.45, 7) is 0. The molecule has 2 N–H and O–H groups in total. The second-order valence-electron chi connectivity index (χ2n) is 3.17. The summed E-state index contributed by atoms with van der Waals surface area (Å²) >= 11 is 0. The Morgan fingerprint density at radius 3 is 1.83 bits per heavy atom. The fraction of sp³-hybridized carbons (Fsp3) is 0.750. The lowest BCUT2D eigenvalue weighted by atomic mass is 9.89. The molecule has 0 unspecified atom stereocenters.